The number of aromatic nitrogens is 3. The lowest BCUT2D eigenvalue weighted by Crippen LogP contribution is -2.12. The van der Waals surface area contributed by atoms with Crippen molar-refractivity contribution in [2.24, 2.45) is 5.73 Å². The van der Waals surface area contributed by atoms with E-state index in [0.717, 1.165) is 11.3 Å². The van der Waals surface area contributed by atoms with Crippen molar-refractivity contribution in [1.29, 1.82) is 0 Å². The molecule has 0 aliphatic rings. The third-order valence-electron chi connectivity index (χ3n) is 2.21. The zero-order valence-corrected chi connectivity index (χ0v) is 10.0. The Kier molecular flexibility index (Phi) is 3.24. The van der Waals surface area contributed by atoms with Crippen LogP contribution >= 0.6 is 12.2 Å². The Balaban J connectivity index is 2.20. The van der Waals surface area contributed by atoms with Crippen LogP contribution in [0.2, 0.25) is 0 Å². The molecule has 5 nitrogen and oxygen atoms in total. The first-order valence-electron chi connectivity index (χ1n) is 4.96. The Morgan fingerprint density at radius 3 is 2.71 bits per heavy atom. The van der Waals surface area contributed by atoms with Gasteiger partial charge in [0.2, 0.25) is 0 Å². The van der Waals surface area contributed by atoms with Gasteiger partial charge in [0.25, 0.3) is 0 Å². The van der Waals surface area contributed by atoms with Gasteiger partial charge in [0, 0.05) is 6.20 Å². The summed E-state index contributed by atoms with van der Waals surface area (Å²) in [5.41, 5.74) is 7.92. The average molecular weight is 245 g/mol. The van der Waals surface area contributed by atoms with Crippen molar-refractivity contribution in [1.82, 2.24) is 15.0 Å². The van der Waals surface area contributed by atoms with Gasteiger partial charge in [-0.15, -0.1) is 0 Å². The molecule has 0 saturated carbocycles. The Morgan fingerprint density at radius 2 is 2.12 bits per heavy atom. The second kappa shape index (κ2) is 4.84. The highest BCUT2D eigenvalue weighted by Gasteiger charge is 2.02. The van der Waals surface area contributed by atoms with Gasteiger partial charge in [0.05, 0.1) is 24.3 Å². The molecular formula is C11H11N5S. The van der Waals surface area contributed by atoms with E-state index in [1.54, 1.807) is 18.6 Å². The molecule has 86 valence electrons. The molecule has 0 radical (unpaired) electrons. The lowest BCUT2D eigenvalue weighted by atomic mass is 10.2. The van der Waals surface area contributed by atoms with Crippen LogP contribution in [-0.2, 0) is 0 Å². The molecule has 0 amide bonds. The number of thiocarbonyl (C=S) groups is 1. The minimum Gasteiger partial charge on any atom is -0.388 e. The molecule has 0 aliphatic carbocycles. The lowest BCUT2D eigenvalue weighted by Gasteiger charge is -2.07. The van der Waals surface area contributed by atoms with E-state index in [1.807, 2.05) is 13.0 Å². The van der Waals surface area contributed by atoms with E-state index in [0.29, 0.717) is 11.5 Å². The predicted molar refractivity (Wildman–Crippen MR) is 70.2 cm³/mol. The van der Waals surface area contributed by atoms with Crippen molar-refractivity contribution in [3.63, 3.8) is 0 Å². The van der Waals surface area contributed by atoms with Crippen molar-refractivity contribution >= 4 is 28.7 Å². The molecule has 0 saturated heterocycles. The SMILES string of the molecule is Cc1ccncc1Nc1cnc(C(N)=S)cn1. The topological polar surface area (TPSA) is 76.7 Å². The normalized spacial score (nSPS) is 9.94. The molecule has 0 aliphatic heterocycles. The monoisotopic (exact) mass is 245 g/mol. The molecule has 2 aromatic rings. The van der Waals surface area contributed by atoms with Crippen LogP contribution in [0, 0.1) is 6.92 Å². The number of rotatable bonds is 3. The molecule has 0 aromatic carbocycles. The fourth-order valence-electron chi connectivity index (χ4n) is 1.25. The van der Waals surface area contributed by atoms with Crippen molar-refractivity contribution < 1.29 is 0 Å². The molecular weight excluding hydrogens is 234 g/mol. The maximum atomic E-state index is 5.44. The van der Waals surface area contributed by atoms with Gasteiger partial charge in [0.1, 0.15) is 16.5 Å². The Labute approximate surface area is 104 Å². The molecule has 0 unspecified atom stereocenters. The van der Waals surface area contributed by atoms with Crippen molar-refractivity contribution in [3.8, 4) is 0 Å². The Bertz CT molecular complexity index is 538. The van der Waals surface area contributed by atoms with E-state index >= 15 is 0 Å². The van der Waals surface area contributed by atoms with Crippen LogP contribution in [-0.4, -0.2) is 19.9 Å². The zero-order valence-electron chi connectivity index (χ0n) is 9.21. The number of hydrogen-bond donors (Lipinski definition) is 2. The number of hydrogen-bond acceptors (Lipinski definition) is 5. The molecule has 17 heavy (non-hydrogen) atoms. The van der Waals surface area contributed by atoms with Gasteiger partial charge in [-0.05, 0) is 18.6 Å². The number of nitrogens with one attached hydrogen (secondary N) is 1. The zero-order chi connectivity index (χ0) is 12.3. The molecule has 0 fully saturated rings. The molecule has 2 aromatic heterocycles. The molecule has 2 heterocycles. The van der Waals surface area contributed by atoms with Crippen molar-refractivity contribution in [2.45, 2.75) is 6.92 Å². The number of nitrogens with zero attached hydrogens (tertiary/aromatic N) is 3. The summed E-state index contributed by atoms with van der Waals surface area (Å²) >= 11 is 4.80. The number of aryl methyl sites for hydroxylation is 1. The molecule has 0 bridgehead atoms. The van der Waals surface area contributed by atoms with Crippen LogP contribution < -0.4 is 11.1 Å². The van der Waals surface area contributed by atoms with E-state index in [1.165, 1.54) is 6.20 Å². The number of anilines is 2. The summed E-state index contributed by atoms with van der Waals surface area (Å²) in [5, 5.41) is 3.12. The van der Waals surface area contributed by atoms with Crippen molar-refractivity contribution in [2.75, 3.05) is 5.32 Å². The molecule has 6 heteroatoms. The molecule has 0 spiro atoms. The summed E-state index contributed by atoms with van der Waals surface area (Å²) in [7, 11) is 0. The Hall–Kier alpha value is -2.08. The van der Waals surface area contributed by atoms with E-state index in [-0.39, 0.29) is 4.99 Å². The lowest BCUT2D eigenvalue weighted by molar-refractivity contribution is 1.17. The second-order valence-corrected chi connectivity index (χ2v) is 3.91. The summed E-state index contributed by atoms with van der Waals surface area (Å²) in [5.74, 6) is 0.626. The average Bonchev–Trinajstić information content (AvgIpc) is 2.33. The standard InChI is InChI=1S/C11H11N5S/c1-7-2-3-13-4-8(7)16-10-6-14-9(5-15-10)11(12)17/h2-6H,1H3,(H2,12,17)(H,15,16). The first kappa shape index (κ1) is 11.4. The van der Waals surface area contributed by atoms with Crippen LogP contribution in [0.25, 0.3) is 0 Å². The third-order valence-corrected chi connectivity index (χ3v) is 2.42. The Morgan fingerprint density at radius 1 is 1.29 bits per heavy atom. The summed E-state index contributed by atoms with van der Waals surface area (Å²) in [4.78, 5) is 12.5. The van der Waals surface area contributed by atoms with E-state index in [9.17, 15) is 0 Å². The molecule has 3 N–H and O–H groups in total. The van der Waals surface area contributed by atoms with Crippen LogP contribution in [0.1, 0.15) is 11.3 Å². The van der Waals surface area contributed by atoms with Gasteiger partial charge in [0.15, 0.2) is 0 Å². The van der Waals surface area contributed by atoms with Crippen LogP contribution in [0.3, 0.4) is 0 Å². The second-order valence-electron chi connectivity index (χ2n) is 3.47. The van der Waals surface area contributed by atoms with Gasteiger partial charge in [-0.3, -0.25) is 4.98 Å². The van der Waals surface area contributed by atoms with Gasteiger partial charge in [-0.1, -0.05) is 12.2 Å². The highest BCUT2D eigenvalue weighted by Crippen LogP contribution is 2.16. The largest absolute Gasteiger partial charge is 0.388 e. The van der Waals surface area contributed by atoms with Gasteiger partial charge < -0.3 is 11.1 Å². The summed E-state index contributed by atoms with van der Waals surface area (Å²) < 4.78 is 0. The van der Waals surface area contributed by atoms with E-state index in [4.69, 9.17) is 18.0 Å². The smallest absolute Gasteiger partial charge is 0.148 e. The first-order chi connectivity index (χ1) is 8.16. The van der Waals surface area contributed by atoms with Gasteiger partial charge in [-0.25, -0.2) is 9.97 Å². The number of pyridine rings is 1. The fraction of sp³-hybridized carbons (Fsp3) is 0.0909. The van der Waals surface area contributed by atoms with Gasteiger partial charge in [-0.2, -0.15) is 0 Å². The number of nitrogens with two attached hydrogens (primary N) is 1. The summed E-state index contributed by atoms with van der Waals surface area (Å²) in [6.07, 6.45) is 6.60. The predicted octanol–water partition coefficient (Wildman–Crippen LogP) is 1.56. The molecule has 0 atom stereocenters. The van der Waals surface area contributed by atoms with E-state index in [2.05, 4.69) is 20.3 Å². The third kappa shape index (κ3) is 2.73. The van der Waals surface area contributed by atoms with Crippen LogP contribution in [0.15, 0.2) is 30.9 Å². The quantitative estimate of drug-likeness (QED) is 0.799. The summed E-state index contributed by atoms with van der Waals surface area (Å²) in [6.45, 7) is 1.99. The van der Waals surface area contributed by atoms with Gasteiger partial charge >= 0.3 is 0 Å². The first-order valence-corrected chi connectivity index (χ1v) is 5.37. The van der Waals surface area contributed by atoms with Crippen molar-refractivity contribution in [3.05, 3.63) is 42.1 Å². The highest BCUT2D eigenvalue weighted by molar-refractivity contribution is 7.80. The highest BCUT2D eigenvalue weighted by atomic mass is 32.1. The fourth-order valence-corrected chi connectivity index (χ4v) is 1.36. The summed E-state index contributed by atoms with van der Waals surface area (Å²) in [6, 6.07) is 1.92. The van der Waals surface area contributed by atoms with E-state index < -0.39 is 0 Å². The maximum absolute atomic E-state index is 5.44. The van der Waals surface area contributed by atoms with Crippen LogP contribution in [0.4, 0.5) is 11.5 Å². The molecule has 2 rings (SSSR count). The van der Waals surface area contributed by atoms with Crippen LogP contribution in [0.5, 0.6) is 0 Å². The minimum atomic E-state index is 0.238. The minimum absolute atomic E-state index is 0.238. The maximum Gasteiger partial charge on any atom is 0.148 e.